The van der Waals surface area contributed by atoms with Crippen LogP contribution in [0.3, 0.4) is 0 Å². The Balaban J connectivity index is 2.04. The molecule has 0 bridgehead atoms. The van der Waals surface area contributed by atoms with Crippen LogP contribution in [0.4, 0.5) is 5.13 Å². The number of nitrogens with one attached hydrogen (secondary N) is 1. The molecule has 1 unspecified atom stereocenters. The van der Waals surface area contributed by atoms with Gasteiger partial charge < -0.3 is 5.11 Å². The first kappa shape index (κ1) is 15.2. The largest absolute Gasteiger partial charge is 0.481 e. The van der Waals surface area contributed by atoms with Crippen LogP contribution in [0.2, 0.25) is 0 Å². The van der Waals surface area contributed by atoms with Crippen molar-refractivity contribution < 1.29 is 18.3 Å². The molecule has 1 saturated heterocycles. The Morgan fingerprint density at radius 3 is 3.05 bits per heavy atom. The fourth-order valence-corrected chi connectivity index (χ4v) is 4.41. The van der Waals surface area contributed by atoms with Crippen molar-refractivity contribution in [3.8, 4) is 0 Å². The van der Waals surface area contributed by atoms with E-state index in [4.69, 9.17) is 5.11 Å². The number of aliphatic carboxylic acids is 1. The van der Waals surface area contributed by atoms with Gasteiger partial charge in [-0.3, -0.25) is 4.79 Å². The number of hydrogen-bond donors (Lipinski definition) is 2. The van der Waals surface area contributed by atoms with Gasteiger partial charge in [0.25, 0.3) is 0 Å². The number of piperidine rings is 1. The summed E-state index contributed by atoms with van der Waals surface area (Å²) in [6.45, 7) is 3.03. The minimum atomic E-state index is -3.60. The average Bonchev–Trinajstić information content (AvgIpc) is 2.74. The van der Waals surface area contributed by atoms with Crippen LogP contribution in [0.1, 0.15) is 25.5 Å². The van der Waals surface area contributed by atoms with E-state index in [9.17, 15) is 13.2 Å². The Labute approximate surface area is 121 Å². The number of carboxylic acids is 1. The number of carbonyl (C=O) groups is 1. The second kappa shape index (κ2) is 6.06. The molecule has 1 atom stereocenters. The third-order valence-corrected chi connectivity index (χ3v) is 5.46. The number of anilines is 1. The van der Waals surface area contributed by atoms with Gasteiger partial charge in [0.15, 0.2) is 5.13 Å². The SMILES string of the molecule is CC1CCCN(S(=O)(=O)Nc2nc(CC(=O)O)cs2)C1. The van der Waals surface area contributed by atoms with Gasteiger partial charge in [-0.15, -0.1) is 11.3 Å². The second-order valence-electron chi connectivity index (χ2n) is 4.93. The highest BCUT2D eigenvalue weighted by Gasteiger charge is 2.27. The van der Waals surface area contributed by atoms with Crippen molar-refractivity contribution in [1.29, 1.82) is 0 Å². The summed E-state index contributed by atoms with van der Waals surface area (Å²) < 4.78 is 28.2. The number of carboxylic acid groups (broad SMARTS) is 1. The molecule has 0 aliphatic carbocycles. The molecule has 1 fully saturated rings. The van der Waals surface area contributed by atoms with Gasteiger partial charge in [0.05, 0.1) is 12.1 Å². The van der Waals surface area contributed by atoms with Crippen LogP contribution >= 0.6 is 11.3 Å². The van der Waals surface area contributed by atoms with Crippen molar-refractivity contribution in [2.24, 2.45) is 5.92 Å². The molecular formula is C11H17N3O4S2. The smallest absolute Gasteiger partial charge is 0.309 e. The maximum Gasteiger partial charge on any atom is 0.309 e. The number of aromatic nitrogens is 1. The maximum atomic E-state index is 12.2. The molecular weight excluding hydrogens is 302 g/mol. The lowest BCUT2D eigenvalue weighted by molar-refractivity contribution is -0.136. The summed E-state index contributed by atoms with van der Waals surface area (Å²) in [7, 11) is -3.60. The summed E-state index contributed by atoms with van der Waals surface area (Å²) in [5, 5.41) is 10.4. The zero-order chi connectivity index (χ0) is 14.8. The monoisotopic (exact) mass is 319 g/mol. The van der Waals surface area contributed by atoms with Crippen LogP contribution in [0.5, 0.6) is 0 Å². The van der Waals surface area contributed by atoms with E-state index in [0.717, 1.165) is 24.2 Å². The molecule has 1 aliphatic heterocycles. The molecule has 2 rings (SSSR count). The molecule has 1 aromatic heterocycles. The average molecular weight is 319 g/mol. The van der Waals surface area contributed by atoms with Crippen LogP contribution in [0, 0.1) is 5.92 Å². The summed E-state index contributed by atoms with van der Waals surface area (Å²) in [6, 6.07) is 0. The predicted molar refractivity (Wildman–Crippen MR) is 76.0 cm³/mol. The third kappa shape index (κ3) is 3.90. The highest BCUT2D eigenvalue weighted by molar-refractivity contribution is 7.90. The first-order chi connectivity index (χ1) is 9.37. The molecule has 112 valence electrons. The van der Waals surface area contributed by atoms with Gasteiger partial charge in [-0.05, 0) is 18.8 Å². The lowest BCUT2D eigenvalue weighted by Gasteiger charge is -2.29. The fraction of sp³-hybridized carbons (Fsp3) is 0.636. The second-order valence-corrected chi connectivity index (χ2v) is 7.46. The topological polar surface area (TPSA) is 99.6 Å². The maximum absolute atomic E-state index is 12.2. The van der Waals surface area contributed by atoms with Gasteiger partial charge in [-0.25, -0.2) is 9.71 Å². The molecule has 1 aliphatic rings. The van der Waals surface area contributed by atoms with E-state index >= 15 is 0 Å². The lowest BCUT2D eigenvalue weighted by atomic mass is 10.0. The van der Waals surface area contributed by atoms with E-state index in [2.05, 4.69) is 9.71 Å². The quantitative estimate of drug-likeness (QED) is 0.848. The molecule has 20 heavy (non-hydrogen) atoms. The zero-order valence-corrected chi connectivity index (χ0v) is 12.7. The number of nitrogens with zero attached hydrogens (tertiary/aromatic N) is 2. The van der Waals surface area contributed by atoms with Gasteiger partial charge in [0.1, 0.15) is 0 Å². The molecule has 2 heterocycles. The molecule has 9 heteroatoms. The van der Waals surface area contributed by atoms with E-state index in [1.807, 2.05) is 6.92 Å². The summed E-state index contributed by atoms with van der Waals surface area (Å²) in [5.74, 6) is -0.645. The van der Waals surface area contributed by atoms with Gasteiger partial charge in [-0.1, -0.05) is 6.92 Å². The van der Waals surface area contributed by atoms with Crippen molar-refractivity contribution in [2.75, 3.05) is 17.8 Å². The summed E-state index contributed by atoms with van der Waals surface area (Å²) in [6.07, 6.45) is 1.68. The predicted octanol–water partition coefficient (Wildman–Crippen LogP) is 1.16. The first-order valence-electron chi connectivity index (χ1n) is 6.31. The van der Waals surface area contributed by atoms with E-state index in [0.29, 0.717) is 24.7 Å². The van der Waals surface area contributed by atoms with Gasteiger partial charge in [0, 0.05) is 18.5 Å². The highest BCUT2D eigenvalue weighted by atomic mass is 32.2. The van der Waals surface area contributed by atoms with E-state index in [-0.39, 0.29) is 11.6 Å². The van der Waals surface area contributed by atoms with Crippen LogP contribution in [0.25, 0.3) is 0 Å². The summed E-state index contributed by atoms with van der Waals surface area (Å²) in [4.78, 5) is 14.5. The molecule has 7 nitrogen and oxygen atoms in total. The van der Waals surface area contributed by atoms with Gasteiger partial charge in [0.2, 0.25) is 0 Å². The first-order valence-corrected chi connectivity index (χ1v) is 8.63. The van der Waals surface area contributed by atoms with Crippen LogP contribution in [0.15, 0.2) is 5.38 Å². The van der Waals surface area contributed by atoms with E-state index in [1.54, 1.807) is 5.38 Å². The fourth-order valence-electron chi connectivity index (χ4n) is 2.13. The van der Waals surface area contributed by atoms with E-state index < -0.39 is 16.2 Å². The molecule has 0 aromatic carbocycles. The zero-order valence-electron chi connectivity index (χ0n) is 11.1. The number of hydrogen-bond acceptors (Lipinski definition) is 5. The Kier molecular flexibility index (Phi) is 4.61. The van der Waals surface area contributed by atoms with Gasteiger partial charge in [-0.2, -0.15) is 12.7 Å². The third-order valence-electron chi connectivity index (χ3n) is 3.06. The molecule has 0 spiro atoms. The highest BCUT2D eigenvalue weighted by Crippen LogP contribution is 2.22. The molecule has 1 aromatic rings. The molecule has 0 saturated carbocycles. The molecule has 0 amide bonds. The number of thiazole rings is 1. The van der Waals surface area contributed by atoms with Gasteiger partial charge >= 0.3 is 16.2 Å². The number of rotatable bonds is 5. The summed E-state index contributed by atoms with van der Waals surface area (Å²) in [5.41, 5.74) is 0.354. The standard InChI is InChI=1S/C11H17N3O4S2/c1-8-3-2-4-14(6-8)20(17,18)13-11-12-9(7-19-11)5-10(15)16/h7-8H,2-6H2,1H3,(H,12,13)(H,15,16). The Hall–Kier alpha value is -1.19. The Bertz CT molecular complexity index is 584. The minimum Gasteiger partial charge on any atom is -0.481 e. The van der Waals surface area contributed by atoms with Crippen LogP contribution < -0.4 is 4.72 Å². The molecule has 2 N–H and O–H groups in total. The van der Waals surface area contributed by atoms with Crippen molar-refractivity contribution in [3.05, 3.63) is 11.1 Å². The van der Waals surface area contributed by atoms with Crippen molar-refractivity contribution in [3.63, 3.8) is 0 Å². The van der Waals surface area contributed by atoms with Crippen LogP contribution in [-0.2, 0) is 21.4 Å². The van der Waals surface area contributed by atoms with Crippen molar-refractivity contribution >= 4 is 32.6 Å². The Morgan fingerprint density at radius 1 is 1.65 bits per heavy atom. The lowest BCUT2D eigenvalue weighted by Crippen LogP contribution is -2.42. The molecule has 0 radical (unpaired) electrons. The van der Waals surface area contributed by atoms with E-state index in [1.165, 1.54) is 4.31 Å². The van der Waals surface area contributed by atoms with Crippen molar-refractivity contribution in [2.45, 2.75) is 26.2 Å². The summed E-state index contributed by atoms with van der Waals surface area (Å²) >= 11 is 1.09. The minimum absolute atomic E-state index is 0.208. The van der Waals surface area contributed by atoms with Crippen LogP contribution in [-0.4, -0.2) is 41.9 Å². The van der Waals surface area contributed by atoms with Crippen molar-refractivity contribution in [1.82, 2.24) is 9.29 Å². The normalized spacial score (nSPS) is 20.8. The Morgan fingerprint density at radius 2 is 2.40 bits per heavy atom.